The van der Waals surface area contributed by atoms with Gasteiger partial charge in [0.1, 0.15) is 11.6 Å². The molecule has 0 aromatic heterocycles. The van der Waals surface area contributed by atoms with E-state index in [1.54, 1.807) is 6.07 Å². The van der Waals surface area contributed by atoms with Crippen molar-refractivity contribution in [3.8, 4) is 0 Å². The summed E-state index contributed by atoms with van der Waals surface area (Å²) < 4.78 is 13.4. The van der Waals surface area contributed by atoms with Gasteiger partial charge in [0, 0.05) is 6.42 Å². The summed E-state index contributed by atoms with van der Waals surface area (Å²) in [7, 11) is 0. The Morgan fingerprint density at radius 2 is 2.21 bits per heavy atom. The van der Waals surface area contributed by atoms with E-state index < -0.39 is 0 Å². The Labute approximate surface area is 91.5 Å². The first-order valence-corrected chi connectivity index (χ1v) is 5.64. The summed E-state index contributed by atoms with van der Waals surface area (Å²) >= 11 is 3.05. The maximum Gasteiger partial charge on any atom is 0.147 e. The number of hydrogen-bond acceptors (Lipinski definition) is 1. The van der Waals surface area contributed by atoms with Gasteiger partial charge in [0.05, 0.1) is 5.33 Å². The van der Waals surface area contributed by atoms with Crippen LogP contribution in [-0.2, 0) is 17.6 Å². The number of rotatable bonds is 4. The average molecular weight is 259 g/mol. The number of benzene rings is 1. The van der Waals surface area contributed by atoms with Crippen LogP contribution in [0.4, 0.5) is 4.39 Å². The number of carbonyl (C=O) groups excluding carboxylic acids is 1. The summed E-state index contributed by atoms with van der Waals surface area (Å²) in [6, 6.07) is 5.05. The van der Waals surface area contributed by atoms with Crippen molar-refractivity contribution >= 4 is 21.7 Å². The van der Waals surface area contributed by atoms with Crippen LogP contribution in [0.1, 0.15) is 18.1 Å². The second-order valence-electron chi connectivity index (χ2n) is 3.13. The molecule has 1 aromatic rings. The van der Waals surface area contributed by atoms with Crippen molar-refractivity contribution in [3.63, 3.8) is 0 Å². The summed E-state index contributed by atoms with van der Waals surface area (Å²) in [6.45, 7) is 1.97. The molecule has 0 fully saturated rings. The fraction of sp³-hybridized carbons (Fsp3) is 0.364. The van der Waals surface area contributed by atoms with Gasteiger partial charge in [-0.05, 0) is 23.6 Å². The maximum atomic E-state index is 13.4. The molecule has 0 spiro atoms. The second-order valence-corrected chi connectivity index (χ2v) is 3.69. The molecule has 0 amide bonds. The van der Waals surface area contributed by atoms with E-state index >= 15 is 0 Å². The molecule has 0 heterocycles. The van der Waals surface area contributed by atoms with E-state index in [9.17, 15) is 9.18 Å². The molecule has 0 N–H and O–H groups in total. The van der Waals surface area contributed by atoms with Gasteiger partial charge in [-0.1, -0.05) is 35.0 Å². The molecule has 76 valence electrons. The van der Waals surface area contributed by atoms with Crippen molar-refractivity contribution in [3.05, 3.63) is 35.1 Å². The number of ketones is 1. The van der Waals surface area contributed by atoms with Gasteiger partial charge in [-0.2, -0.15) is 0 Å². The van der Waals surface area contributed by atoms with Gasteiger partial charge < -0.3 is 0 Å². The van der Waals surface area contributed by atoms with Crippen molar-refractivity contribution in [2.24, 2.45) is 0 Å². The van der Waals surface area contributed by atoms with E-state index in [2.05, 4.69) is 15.9 Å². The summed E-state index contributed by atoms with van der Waals surface area (Å²) in [4.78, 5) is 11.1. The fourth-order valence-corrected chi connectivity index (χ4v) is 1.41. The lowest BCUT2D eigenvalue weighted by Gasteiger charge is -2.03. The first kappa shape index (κ1) is 11.4. The molecule has 0 saturated carbocycles. The summed E-state index contributed by atoms with van der Waals surface area (Å²) in [5.41, 5.74) is 1.43. The molecule has 0 aliphatic rings. The Kier molecular flexibility index (Phi) is 4.26. The molecule has 0 bridgehead atoms. The molecular formula is C11H12BrFO. The molecule has 14 heavy (non-hydrogen) atoms. The zero-order valence-electron chi connectivity index (χ0n) is 8.02. The van der Waals surface area contributed by atoms with Crippen LogP contribution >= 0.6 is 15.9 Å². The number of alkyl halides is 1. The van der Waals surface area contributed by atoms with Gasteiger partial charge in [0.2, 0.25) is 0 Å². The zero-order valence-corrected chi connectivity index (χ0v) is 9.60. The van der Waals surface area contributed by atoms with Gasteiger partial charge in [0.25, 0.3) is 0 Å². The average Bonchev–Trinajstić information content (AvgIpc) is 2.20. The van der Waals surface area contributed by atoms with E-state index in [0.717, 1.165) is 12.0 Å². The standard InChI is InChI=1S/C11H12BrFO/c1-2-8-3-4-9(11(13)5-8)6-10(14)7-12/h3-5H,2,6-7H2,1H3. The number of halogens is 2. The van der Waals surface area contributed by atoms with Crippen molar-refractivity contribution < 1.29 is 9.18 Å². The van der Waals surface area contributed by atoms with Gasteiger partial charge in [-0.3, -0.25) is 4.79 Å². The van der Waals surface area contributed by atoms with Crippen LogP contribution in [-0.4, -0.2) is 11.1 Å². The SMILES string of the molecule is CCc1ccc(CC(=O)CBr)c(F)c1. The van der Waals surface area contributed by atoms with E-state index in [4.69, 9.17) is 0 Å². The Balaban J connectivity index is 2.83. The predicted octanol–water partition coefficient (Wildman–Crippen LogP) is 2.89. The lowest BCUT2D eigenvalue weighted by Crippen LogP contribution is -2.05. The molecular weight excluding hydrogens is 247 g/mol. The van der Waals surface area contributed by atoms with Crippen LogP contribution in [0.25, 0.3) is 0 Å². The van der Waals surface area contributed by atoms with E-state index in [1.807, 2.05) is 13.0 Å². The third kappa shape index (κ3) is 2.91. The van der Waals surface area contributed by atoms with Crippen molar-refractivity contribution in [2.45, 2.75) is 19.8 Å². The molecule has 0 unspecified atom stereocenters. The maximum absolute atomic E-state index is 13.4. The van der Waals surface area contributed by atoms with Gasteiger partial charge in [-0.25, -0.2) is 4.39 Å². The van der Waals surface area contributed by atoms with Crippen molar-refractivity contribution in [1.82, 2.24) is 0 Å². The molecule has 0 aliphatic heterocycles. The molecule has 3 heteroatoms. The van der Waals surface area contributed by atoms with E-state index in [-0.39, 0.29) is 23.4 Å². The van der Waals surface area contributed by atoms with Crippen LogP contribution in [0.5, 0.6) is 0 Å². The zero-order chi connectivity index (χ0) is 10.6. The molecule has 0 radical (unpaired) electrons. The smallest absolute Gasteiger partial charge is 0.147 e. The largest absolute Gasteiger partial charge is 0.298 e. The minimum absolute atomic E-state index is 0.00634. The Bertz CT molecular complexity index is 336. The lowest BCUT2D eigenvalue weighted by atomic mass is 10.1. The molecule has 0 atom stereocenters. The Hall–Kier alpha value is -0.700. The lowest BCUT2D eigenvalue weighted by molar-refractivity contribution is -0.115. The highest BCUT2D eigenvalue weighted by molar-refractivity contribution is 9.09. The third-order valence-corrected chi connectivity index (χ3v) is 2.69. The van der Waals surface area contributed by atoms with Crippen LogP contribution in [0.2, 0.25) is 0 Å². The topological polar surface area (TPSA) is 17.1 Å². The first-order chi connectivity index (χ1) is 6.67. The number of aryl methyl sites for hydroxylation is 1. The fourth-order valence-electron chi connectivity index (χ4n) is 1.21. The predicted molar refractivity (Wildman–Crippen MR) is 58.3 cm³/mol. The minimum Gasteiger partial charge on any atom is -0.298 e. The second kappa shape index (κ2) is 5.25. The quantitative estimate of drug-likeness (QED) is 0.760. The Morgan fingerprint density at radius 1 is 1.50 bits per heavy atom. The number of Topliss-reactive ketones (excluding diaryl/α,β-unsaturated/α-hetero) is 1. The summed E-state index contributed by atoms with van der Waals surface area (Å²) in [5.74, 6) is -0.285. The normalized spacial score (nSPS) is 10.2. The molecule has 0 saturated heterocycles. The third-order valence-electron chi connectivity index (χ3n) is 2.06. The van der Waals surface area contributed by atoms with E-state index in [1.165, 1.54) is 6.07 Å². The van der Waals surface area contributed by atoms with Crippen LogP contribution in [0.3, 0.4) is 0 Å². The van der Waals surface area contributed by atoms with Gasteiger partial charge >= 0.3 is 0 Å². The van der Waals surface area contributed by atoms with Crippen molar-refractivity contribution in [1.29, 1.82) is 0 Å². The highest BCUT2D eigenvalue weighted by atomic mass is 79.9. The van der Waals surface area contributed by atoms with Crippen LogP contribution in [0.15, 0.2) is 18.2 Å². The molecule has 1 nitrogen and oxygen atoms in total. The highest BCUT2D eigenvalue weighted by Gasteiger charge is 2.07. The van der Waals surface area contributed by atoms with Crippen molar-refractivity contribution in [2.75, 3.05) is 5.33 Å². The van der Waals surface area contributed by atoms with Gasteiger partial charge in [0.15, 0.2) is 0 Å². The molecule has 1 rings (SSSR count). The summed E-state index contributed by atoms with van der Waals surface area (Å²) in [6.07, 6.45) is 0.977. The molecule has 0 aliphatic carbocycles. The monoisotopic (exact) mass is 258 g/mol. The number of hydrogen-bond donors (Lipinski definition) is 0. The van der Waals surface area contributed by atoms with Gasteiger partial charge in [-0.15, -0.1) is 0 Å². The van der Waals surface area contributed by atoms with E-state index in [0.29, 0.717) is 5.56 Å². The van der Waals surface area contributed by atoms with Crippen LogP contribution in [0, 0.1) is 5.82 Å². The van der Waals surface area contributed by atoms with Crippen LogP contribution < -0.4 is 0 Å². The number of carbonyl (C=O) groups is 1. The Morgan fingerprint density at radius 3 is 2.71 bits per heavy atom. The minimum atomic E-state index is -0.279. The molecule has 1 aromatic carbocycles. The first-order valence-electron chi connectivity index (χ1n) is 4.52. The summed E-state index contributed by atoms with van der Waals surface area (Å²) in [5, 5.41) is 0.280. The highest BCUT2D eigenvalue weighted by Crippen LogP contribution is 2.12.